The highest BCUT2D eigenvalue weighted by molar-refractivity contribution is 5.75. The van der Waals surface area contributed by atoms with Crippen LogP contribution in [-0.4, -0.2) is 14.5 Å². The fourth-order valence-corrected chi connectivity index (χ4v) is 1.06. The van der Waals surface area contributed by atoms with Crippen LogP contribution in [0.3, 0.4) is 0 Å². The first-order valence-corrected chi connectivity index (χ1v) is 5.46. The third-order valence-corrected chi connectivity index (χ3v) is 2.22. The van der Waals surface area contributed by atoms with Crippen molar-refractivity contribution in [2.45, 2.75) is 26.7 Å². The molecule has 4 nitrogen and oxygen atoms in total. The van der Waals surface area contributed by atoms with Crippen LogP contribution in [0, 0.1) is 0 Å². The van der Waals surface area contributed by atoms with Crippen molar-refractivity contribution < 1.29 is 0 Å². The highest BCUT2D eigenvalue weighted by atomic mass is 16.1. The zero-order valence-corrected chi connectivity index (χ0v) is 9.97. The minimum absolute atomic E-state index is 0.0619. The second-order valence-electron chi connectivity index (χ2n) is 3.55. The highest BCUT2D eigenvalue weighted by Crippen LogP contribution is 2.00. The van der Waals surface area contributed by atoms with Crippen LogP contribution in [0.5, 0.6) is 0 Å². The van der Waals surface area contributed by atoms with Crippen LogP contribution in [0.15, 0.2) is 29.6 Å². The van der Waals surface area contributed by atoms with E-state index < -0.39 is 0 Å². The van der Waals surface area contributed by atoms with Crippen molar-refractivity contribution in [1.82, 2.24) is 14.5 Å². The van der Waals surface area contributed by atoms with Gasteiger partial charge in [-0.25, -0.2) is 4.98 Å². The van der Waals surface area contributed by atoms with E-state index in [1.54, 1.807) is 19.3 Å². The van der Waals surface area contributed by atoms with Gasteiger partial charge < -0.3 is 4.57 Å². The minimum Gasteiger partial charge on any atom is -0.302 e. The van der Waals surface area contributed by atoms with E-state index in [0.29, 0.717) is 10.9 Å². The summed E-state index contributed by atoms with van der Waals surface area (Å²) in [5, 5.41) is 0.558. The van der Waals surface area contributed by atoms with Crippen LogP contribution in [-0.2, 0) is 7.05 Å². The summed E-state index contributed by atoms with van der Waals surface area (Å²) in [4.78, 5) is 19.3. The number of nitrogens with zero attached hydrogens (tertiary/aromatic N) is 3. The van der Waals surface area contributed by atoms with E-state index in [9.17, 15) is 4.79 Å². The Kier molecular flexibility index (Phi) is 4.64. The quantitative estimate of drug-likeness (QED) is 0.738. The molecule has 0 aliphatic rings. The monoisotopic (exact) mass is 219 g/mol. The fraction of sp³-hybridized carbons (Fsp3) is 0.417. The third-order valence-electron chi connectivity index (χ3n) is 2.22. The molecular formula is C12H17N3O. The molecule has 0 bridgehead atoms. The van der Waals surface area contributed by atoms with E-state index in [0.717, 1.165) is 0 Å². The van der Waals surface area contributed by atoms with Crippen LogP contribution >= 0.6 is 0 Å². The summed E-state index contributed by atoms with van der Waals surface area (Å²) >= 11 is 0. The molecule has 0 amide bonds. The van der Waals surface area contributed by atoms with E-state index in [2.05, 4.69) is 23.8 Å². The van der Waals surface area contributed by atoms with E-state index in [1.807, 2.05) is 0 Å². The maximum absolute atomic E-state index is 11.4. The largest absolute Gasteiger partial charge is 0.302 e. The summed E-state index contributed by atoms with van der Waals surface area (Å²) < 4.78 is 1.43. The van der Waals surface area contributed by atoms with Gasteiger partial charge in [0.05, 0.1) is 17.2 Å². The summed E-state index contributed by atoms with van der Waals surface area (Å²) in [6.45, 7) is 4.36. The predicted molar refractivity (Wildman–Crippen MR) is 65.4 cm³/mol. The summed E-state index contributed by atoms with van der Waals surface area (Å²) in [5.74, 6) is 0. The molecule has 0 saturated heterocycles. The third kappa shape index (κ3) is 2.89. The number of hydrogen-bond acceptors (Lipinski definition) is 3. The maximum Gasteiger partial charge on any atom is 0.262 e. The molecule has 0 unspecified atom stereocenters. The molecule has 0 fully saturated rings. The summed E-state index contributed by atoms with van der Waals surface area (Å²) in [5.41, 5.74) is 0.626. The van der Waals surface area contributed by atoms with Crippen LogP contribution in [0.2, 0.25) is 0 Å². The van der Waals surface area contributed by atoms with Crippen molar-refractivity contribution in [2.75, 3.05) is 0 Å². The van der Waals surface area contributed by atoms with E-state index in [-0.39, 0.29) is 5.56 Å². The Morgan fingerprint density at radius 2 is 2.00 bits per heavy atom. The highest BCUT2D eigenvalue weighted by Gasteiger charge is 1.98. The molecule has 2 heterocycles. The molecule has 2 rings (SSSR count). The molecule has 4 heteroatoms. The number of aryl methyl sites for hydroxylation is 1. The molecular weight excluding hydrogens is 202 g/mol. The number of aromatic nitrogens is 3. The van der Waals surface area contributed by atoms with Gasteiger partial charge in [0.1, 0.15) is 0 Å². The molecule has 0 saturated carbocycles. The lowest BCUT2D eigenvalue weighted by Gasteiger charge is -1.97. The Morgan fingerprint density at radius 3 is 2.62 bits per heavy atom. The van der Waals surface area contributed by atoms with Gasteiger partial charge in [-0.05, 0) is 6.07 Å². The number of rotatable bonds is 1. The first-order valence-electron chi connectivity index (χ1n) is 5.46. The predicted octanol–water partition coefficient (Wildman–Crippen LogP) is 2.13. The molecule has 0 N–H and O–H groups in total. The van der Waals surface area contributed by atoms with E-state index in [4.69, 9.17) is 0 Å². The van der Waals surface area contributed by atoms with E-state index in [1.165, 1.54) is 29.9 Å². The van der Waals surface area contributed by atoms with Crippen LogP contribution in [0.4, 0.5) is 0 Å². The molecule has 86 valence electrons. The number of fused-ring (bicyclic) bond motifs is 1. The van der Waals surface area contributed by atoms with Gasteiger partial charge in [0.25, 0.3) is 5.56 Å². The Bertz CT molecular complexity index is 503. The van der Waals surface area contributed by atoms with Crippen LogP contribution in [0.1, 0.15) is 26.7 Å². The smallest absolute Gasteiger partial charge is 0.262 e. The van der Waals surface area contributed by atoms with E-state index >= 15 is 0 Å². The van der Waals surface area contributed by atoms with Crippen molar-refractivity contribution in [3.8, 4) is 0 Å². The summed E-state index contributed by atoms with van der Waals surface area (Å²) in [6, 6.07) is 1.72. The van der Waals surface area contributed by atoms with Gasteiger partial charge in [-0.3, -0.25) is 9.78 Å². The summed E-state index contributed by atoms with van der Waals surface area (Å²) in [6.07, 6.45) is 7.30. The zero-order chi connectivity index (χ0) is 12.0. The Morgan fingerprint density at radius 1 is 1.31 bits per heavy atom. The molecule has 2 aromatic heterocycles. The molecule has 2 aromatic rings. The topological polar surface area (TPSA) is 47.8 Å². The standard InChI is InChI=1S/C8H7N3O.C4H10/c1-11-5-10-7-2-3-9-4-6(7)8(11)12;1-3-4-2/h2-5H,1H3;3-4H2,1-2H3. The lowest BCUT2D eigenvalue weighted by Crippen LogP contribution is -2.16. The molecule has 0 spiro atoms. The van der Waals surface area contributed by atoms with Crippen molar-refractivity contribution in [3.63, 3.8) is 0 Å². The Hall–Kier alpha value is -1.71. The summed E-state index contributed by atoms with van der Waals surface area (Å²) in [7, 11) is 1.67. The lowest BCUT2D eigenvalue weighted by molar-refractivity contribution is 0.842. The van der Waals surface area contributed by atoms with Crippen molar-refractivity contribution >= 4 is 10.9 Å². The lowest BCUT2D eigenvalue weighted by atomic mass is 10.3. The molecule has 0 aromatic carbocycles. The average Bonchev–Trinajstić information content (AvgIpc) is 2.35. The molecule has 0 aliphatic heterocycles. The fourth-order valence-electron chi connectivity index (χ4n) is 1.06. The second kappa shape index (κ2) is 6.00. The van der Waals surface area contributed by atoms with Crippen molar-refractivity contribution in [1.29, 1.82) is 0 Å². The number of unbranched alkanes of at least 4 members (excludes halogenated alkanes) is 1. The molecule has 0 aliphatic carbocycles. The minimum atomic E-state index is -0.0619. The zero-order valence-electron chi connectivity index (χ0n) is 9.97. The first-order chi connectivity index (χ1) is 7.70. The van der Waals surface area contributed by atoms with Gasteiger partial charge in [-0.1, -0.05) is 26.7 Å². The average molecular weight is 219 g/mol. The Balaban J connectivity index is 0.000000280. The van der Waals surface area contributed by atoms with Crippen molar-refractivity contribution in [2.24, 2.45) is 7.05 Å². The SMILES string of the molecule is CCCC.Cn1cnc2ccncc2c1=O. The number of hydrogen-bond donors (Lipinski definition) is 0. The van der Waals surface area contributed by atoms with Gasteiger partial charge in [-0.2, -0.15) is 0 Å². The van der Waals surface area contributed by atoms with Gasteiger partial charge in [-0.15, -0.1) is 0 Å². The van der Waals surface area contributed by atoms with Crippen molar-refractivity contribution in [3.05, 3.63) is 35.1 Å². The second-order valence-corrected chi connectivity index (χ2v) is 3.55. The normalized spacial score (nSPS) is 9.69. The van der Waals surface area contributed by atoms with Crippen LogP contribution in [0.25, 0.3) is 10.9 Å². The first kappa shape index (κ1) is 12.4. The van der Waals surface area contributed by atoms with Gasteiger partial charge in [0.15, 0.2) is 0 Å². The van der Waals surface area contributed by atoms with Crippen LogP contribution < -0.4 is 5.56 Å². The molecule has 0 radical (unpaired) electrons. The maximum atomic E-state index is 11.4. The molecule has 0 atom stereocenters. The Labute approximate surface area is 95.0 Å². The molecule has 16 heavy (non-hydrogen) atoms. The van der Waals surface area contributed by atoms with Gasteiger partial charge in [0, 0.05) is 19.4 Å². The number of pyridine rings is 1. The van der Waals surface area contributed by atoms with Gasteiger partial charge in [0.2, 0.25) is 0 Å². The van der Waals surface area contributed by atoms with Gasteiger partial charge >= 0.3 is 0 Å².